The molecule has 0 aromatic heterocycles. The first kappa shape index (κ1) is 14.9. The maximum atomic E-state index is 12.6. The molecule has 2 aliphatic heterocycles. The summed E-state index contributed by atoms with van der Waals surface area (Å²) >= 11 is 0. The molecule has 1 fully saturated rings. The number of ether oxygens (including phenoxy) is 1. The van der Waals surface area contributed by atoms with Crippen molar-refractivity contribution in [3.63, 3.8) is 0 Å². The van der Waals surface area contributed by atoms with Crippen LogP contribution in [0.25, 0.3) is 0 Å². The average molecular weight is 302 g/mol. The fraction of sp³-hybridized carbons (Fsp3) is 0.529. The third-order valence-corrected chi connectivity index (χ3v) is 4.36. The lowest BCUT2D eigenvalue weighted by atomic mass is 9.79. The zero-order chi connectivity index (χ0) is 16.1. The third kappa shape index (κ3) is 2.25. The van der Waals surface area contributed by atoms with E-state index in [9.17, 15) is 9.59 Å². The van der Waals surface area contributed by atoms with Gasteiger partial charge in [0.05, 0.1) is 5.41 Å². The van der Waals surface area contributed by atoms with E-state index in [1.807, 2.05) is 45.9 Å². The van der Waals surface area contributed by atoms with Gasteiger partial charge < -0.3 is 15.0 Å². The average Bonchev–Trinajstić information content (AvgIpc) is 2.93. The quantitative estimate of drug-likeness (QED) is 0.801. The molecule has 0 aliphatic carbocycles. The molecule has 22 heavy (non-hydrogen) atoms. The second kappa shape index (κ2) is 4.73. The van der Waals surface area contributed by atoms with Crippen molar-refractivity contribution in [1.29, 1.82) is 0 Å². The maximum Gasteiger partial charge on any atom is 0.410 e. The van der Waals surface area contributed by atoms with E-state index < -0.39 is 11.0 Å². The lowest BCUT2D eigenvalue weighted by molar-refractivity contribution is -0.120. The van der Waals surface area contributed by atoms with Gasteiger partial charge in [-0.15, -0.1) is 0 Å². The van der Waals surface area contributed by atoms with Crippen LogP contribution >= 0.6 is 0 Å². The summed E-state index contributed by atoms with van der Waals surface area (Å²) in [5.41, 5.74) is 1.83. The highest BCUT2D eigenvalue weighted by molar-refractivity contribution is 6.07. The van der Waals surface area contributed by atoms with Crippen molar-refractivity contribution in [1.82, 2.24) is 4.90 Å². The number of aryl methyl sites for hydroxylation is 1. The molecular formula is C17H22N2O3. The lowest BCUT2D eigenvalue weighted by Crippen LogP contribution is -2.41. The van der Waals surface area contributed by atoms with Crippen LogP contribution in [0, 0.1) is 6.92 Å². The summed E-state index contributed by atoms with van der Waals surface area (Å²) in [4.78, 5) is 26.5. The standard InChI is InChI=1S/C17H22N2O3/c1-11-6-5-7-12-13(11)17(14(20)18-12)8-9-19(10-17)15(21)22-16(2,3)4/h5-7H,8-10H2,1-4H3,(H,18,20)/t17-/m0/s1. The molecule has 2 aliphatic rings. The van der Waals surface area contributed by atoms with Crippen molar-refractivity contribution in [3.8, 4) is 0 Å². The van der Waals surface area contributed by atoms with Crippen LogP contribution < -0.4 is 5.32 Å². The zero-order valence-corrected chi connectivity index (χ0v) is 13.5. The molecule has 1 aromatic carbocycles. The molecule has 1 saturated heterocycles. The number of likely N-dealkylation sites (tertiary alicyclic amines) is 1. The number of hydrogen-bond acceptors (Lipinski definition) is 3. The molecule has 5 nitrogen and oxygen atoms in total. The van der Waals surface area contributed by atoms with Gasteiger partial charge in [-0.1, -0.05) is 12.1 Å². The van der Waals surface area contributed by atoms with Gasteiger partial charge in [0.1, 0.15) is 5.60 Å². The number of carbonyl (C=O) groups excluding carboxylic acids is 2. The van der Waals surface area contributed by atoms with Crippen LogP contribution in [0.4, 0.5) is 10.5 Å². The molecule has 0 radical (unpaired) electrons. The van der Waals surface area contributed by atoms with E-state index in [1.165, 1.54) is 0 Å². The Kier molecular flexibility index (Phi) is 3.20. The minimum Gasteiger partial charge on any atom is -0.444 e. The third-order valence-electron chi connectivity index (χ3n) is 4.36. The molecular weight excluding hydrogens is 280 g/mol. The molecule has 2 amide bonds. The Morgan fingerprint density at radius 2 is 2.09 bits per heavy atom. The number of rotatable bonds is 0. The van der Waals surface area contributed by atoms with Crippen LogP contribution in [0.2, 0.25) is 0 Å². The Labute approximate surface area is 130 Å². The van der Waals surface area contributed by atoms with Crippen molar-refractivity contribution >= 4 is 17.7 Å². The van der Waals surface area contributed by atoms with Crippen molar-refractivity contribution in [3.05, 3.63) is 29.3 Å². The van der Waals surface area contributed by atoms with Crippen molar-refractivity contribution < 1.29 is 14.3 Å². The maximum absolute atomic E-state index is 12.6. The number of benzene rings is 1. The van der Waals surface area contributed by atoms with Gasteiger partial charge >= 0.3 is 6.09 Å². The Balaban J connectivity index is 1.89. The van der Waals surface area contributed by atoms with E-state index in [4.69, 9.17) is 4.74 Å². The van der Waals surface area contributed by atoms with Gasteiger partial charge in [0.2, 0.25) is 5.91 Å². The summed E-state index contributed by atoms with van der Waals surface area (Å²) in [5.74, 6) is -0.0112. The number of anilines is 1. The second-order valence-corrected chi connectivity index (χ2v) is 7.19. The Morgan fingerprint density at radius 1 is 1.36 bits per heavy atom. The van der Waals surface area contributed by atoms with E-state index in [2.05, 4.69) is 5.32 Å². The number of nitrogens with zero attached hydrogens (tertiary/aromatic N) is 1. The number of nitrogens with one attached hydrogen (secondary N) is 1. The summed E-state index contributed by atoms with van der Waals surface area (Å²) in [6.45, 7) is 8.47. The second-order valence-electron chi connectivity index (χ2n) is 7.19. The Hall–Kier alpha value is -2.04. The predicted molar refractivity (Wildman–Crippen MR) is 83.9 cm³/mol. The van der Waals surface area contributed by atoms with Crippen LogP contribution in [0.1, 0.15) is 38.3 Å². The van der Waals surface area contributed by atoms with E-state index in [-0.39, 0.29) is 12.0 Å². The molecule has 2 heterocycles. The molecule has 0 saturated carbocycles. The van der Waals surface area contributed by atoms with Crippen LogP contribution in [-0.2, 0) is 14.9 Å². The SMILES string of the molecule is Cc1cccc2c1[C@@]1(CCN(C(=O)OC(C)(C)C)C1)C(=O)N2. The molecule has 118 valence electrons. The summed E-state index contributed by atoms with van der Waals surface area (Å²) < 4.78 is 5.43. The number of carbonyl (C=O) groups is 2. The van der Waals surface area contributed by atoms with Crippen molar-refractivity contribution in [2.45, 2.75) is 45.1 Å². The summed E-state index contributed by atoms with van der Waals surface area (Å²) in [6, 6.07) is 5.87. The number of fused-ring (bicyclic) bond motifs is 2. The molecule has 1 spiro atoms. The molecule has 1 N–H and O–H groups in total. The van der Waals surface area contributed by atoms with Crippen molar-refractivity contribution in [2.24, 2.45) is 0 Å². The summed E-state index contributed by atoms with van der Waals surface area (Å²) in [5, 5.41) is 2.96. The number of amides is 2. The Morgan fingerprint density at radius 3 is 2.77 bits per heavy atom. The van der Waals surface area contributed by atoms with E-state index in [1.54, 1.807) is 4.90 Å². The van der Waals surface area contributed by atoms with Gasteiger partial charge in [-0.2, -0.15) is 0 Å². The summed E-state index contributed by atoms with van der Waals surface area (Å²) in [6.07, 6.45) is 0.287. The van der Waals surface area contributed by atoms with Gasteiger partial charge in [-0.05, 0) is 51.3 Å². The first-order valence-electron chi connectivity index (χ1n) is 7.62. The fourth-order valence-corrected chi connectivity index (χ4v) is 3.44. The van der Waals surface area contributed by atoms with Gasteiger partial charge in [-0.25, -0.2) is 4.79 Å². The lowest BCUT2D eigenvalue weighted by Gasteiger charge is -2.26. The van der Waals surface area contributed by atoms with Gasteiger partial charge in [0.15, 0.2) is 0 Å². The van der Waals surface area contributed by atoms with E-state index in [0.717, 1.165) is 16.8 Å². The van der Waals surface area contributed by atoms with Crippen LogP contribution in [0.5, 0.6) is 0 Å². The smallest absolute Gasteiger partial charge is 0.410 e. The molecule has 1 atom stereocenters. The summed E-state index contributed by atoms with van der Waals surface area (Å²) in [7, 11) is 0. The minimum atomic E-state index is -0.627. The van der Waals surface area contributed by atoms with Gasteiger partial charge in [0.25, 0.3) is 0 Å². The van der Waals surface area contributed by atoms with Gasteiger partial charge in [-0.3, -0.25) is 4.79 Å². The fourth-order valence-electron chi connectivity index (χ4n) is 3.44. The van der Waals surface area contributed by atoms with Crippen LogP contribution in [0.3, 0.4) is 0 Å². The monoisotopic (exact) mass is 302 g/mol. The first-order chi connectivity index (χ1) is 10.2. The van der Waals surface area contributed by atoms with E-state index >= 15 is 0 Å². The van der Waals surface area contributed by atoms with Crippen LogP contribution in [-0.4, -0.2) is 35.6 Å². The normalized spacial score (nSPS) is 23.6. The largest absolute Gasteiger partial charge is 0.444 e. The molecule has 0 bridgehead atoms. The highest BCUT2D eigenvalue weighted by atomic mass is 16.6. The molecule has 0 unspecified atom stereocenters. The first-order valence-corrected chi connectivity index (χ1v) is 7.62. The van der Waals surface area contributed by atoms with Crippen molar-refractivity contribution in [2.75, 3.05) is 18.4 Å². The topological polar surface area (TPSA) is 58.6 Å². The molecule has 5 heteroatoms. The highest BCUT2D eigenvalue weighted by Gasteiger charge is 2.53. The number of hydrogen-bond donors (Lipinski definition) is 1. The van der Waals surface area contributed by atoms with Crippen LogP contribution in [0.15, 0.2) is 18.2 Å². The van der Waals surface area contributed by atoms with E-state index in [0.29, 0.717) is 19.5 Å². The molecule has 3 rings (SSSR count). The molecule has 1 aromatic rings. The Bertz CT molecular complexity index is 648. The minimum absolute atomic E-state index is 0.0112. The van der Waals surface area contributed by atoms with Gasteiger partial charge in [0, 0.05) is 18.8 Å². The highest BCUT2D eigenvalue weighted by Crippen LogP contribution is 2.45. The predicted octanol–water partition coefficient (Wildman–Crippen LogP) is 2.83. The zero-order valence-electron chi connectivity index (χ0n) is 13.5.